The van der Waals surface area contributed by atoms with Crippen LogP contribution in [0.25, 0.3) is 6.08 Å². The molecule has 2 amide bonds. The maximum absolute atomic E-state index is 14.0. The number of hydrogen-bond donors (Lipinski definition) is 1. The van der Waals surface area contributed by atoms with Gasteiger partial charge >= 0.3 is 0 Å². The van der Waals surface area contributed by atoms with Gasteiger partial charge in [-0.05, 0) is 35.9 Å². The molecule has 0 atom stereocenters. The lowest BCUT2D eigenvalue weighted by molar-refractivity contribution is -0.122. The summed E-state index contributed by atoms with van der Waals surface area (Å²) in [5.74, 6) is 0.0838. The summed E-state index contributed by atoms with van der Waals surface area (Å²) >= 11 is 6.49. The molecule has 1 N–H and O–H groups in total. The summed E-state index contributed by atoms with van der Waals surface area (Å²) in [6, 6.07) is 9.38. The molecule has 0 aromatic heterocycles. The molecule has 7 nitrogen and oxygen atoms in total. The molecule has 0 spiro atoms. The van der Waals surface area contributed by atoms with Crippen LogP contribution in [-0.4, -0.2) is 48.0 Å². The smallest absolute Gasteiger partial charge is 0.266 e. The summed E-state index contributed by atoms with van der Waals surface area (Å²) in [4.78, 5) is 26.8. The van der Waals surface area contributed by atoms with E-state index in [-0.39, 0.29) is 31.4 Å². The van der Waals surface area contributed by atoms with E-state index >= 15 is 0 Å². The molecular formula is C21H17FN2O5S2. The van der Waals surface area contributed by atoms with Gasteiger partial charge in [0.15, 0.2) is 11.5 Å². The summed E-state index contributed by atoms with van der Waals surface area (Å²) in [7, 11) is 1.41. The number of carbonyl (C=O) groups excluding carboxylic acids is 2. The van der Waals surface area contributed by atoms with Gasteiger partial charge in [-0.2, -0.15) is 0 Å². The number of fused-ring (bicyclic) bond motifs is 1. The van der Waals surface area contributed by atoms with E-state index in [9.17, 15) is 14.0 Å². The monoisotopic (exact) mass is 460 g/mol. The van der Waals surface area contributed by atoms with Crippen LogP contribution >= 0.6 is 24.0 Å². The second-order valence-electron chi connectivity index (χ2n) is 6.55. The van der Waals surface area contributed by atoms with Gasteiger partial charge in [-0.25, -0.2) is 4.39 Å². The number of ether oxygens (including phenoxy) is 3. The van der Waals surface area contributed by atoms with Crippen LogP contribution in [0, 0.1) is 5.82 Å². The first-order chi connectivity index (χ1) is 15.0. The van der Waals surface area contributed by atoms with Crippen molar-refractivity contribution in [1.82, 2.24) is 10.2 Å². The Morgan fingerprint density at radius 2 is 2.10 bits per heavy atom. The zero-order chi connectivity index (χ0) is 22.0. The Balaban J connectivity index is 1.37. The topological polar surface area (TPSA) is 77.1 Å². The molecule has 2 aromatic carbocycles. The summed E-state index contributed by atoms with van der Waals surface area (Å²) in [6.07, 6.45) is 1.73. The Morgan fingerprint density at radius 1 is 1.29 bits per heavy atom. The Labute approximate surface area is 187 Å². The number of amides is 2. The van der Waals surface area contributed by atoms with E-state index in [1.165, 1.54) is 35.9 Å². The molecule has 0 saturated carbocycles. The molecule has 160 valence electrons. The Bertz CT molecular complexity index is 1110. The zero-order valence-electron chi connectivity index (χ0n) is 16.3. The van der Waals surface area contributed by atoms with Crippen molar-refractivity contribution >= 4 is 46.2 Å². The Morgan fingerprint density at radius 3 is 2.87 bits per heavy atom. The summed E-state index contributed by atoms with van der Waals surface area (Å²) in [5, 5.41) is 2.61. The molecule has 1 fully saturated rings. The first kappa shape index (κ1) is 21.1. The van der Waals surface area contributed by atoms with E-state index in [0.29, 0.717) is 26.5 Å². The summed E-state index contributed by atoms with van der Waals surface area (Å²) in [6.45, 7) is 0.466. The first-order valence-corrected chi connectivity index (χ1v) is 10.5. The first-order valence-electron chi connectivity index (χ1n) is 9.23. The molecule has 0 bridgehead atoms. The summed E-state index contributed by atoms with van der Waals surface area (Å²) < 4.78 is 30.0. The number of carbonyl (C=O) groups is 2. The van der Waals surface area contributed by atoms with E-state index in [1.807, 2.05) is 6.07 Å². The average Bonchev–Trinajstić information content (AvgIpc) is 3.32. The van der Waals surface area contributed by atoms with Crippen LogP contribution in [0.4, 0.5) is 4.39 Å². The predicted octanol–water partition coefficient (Wildman–Crippen LogP) is 3.19. The second-order valence-corrected chi connectivity index (χ2v) is 8.22. The molecule has 0 radical (unpaired) electrons. The standard InChI is InChI=1S/C21H17FN2O5S2/c1-27-13-3-4-14(15(22)10-13)19(25)23-6-7-24-20(26)18(31-21(24)30)9-12-2-5-16-17(8-12)29-11-28-16/h2-5,8-10H,6-7,11H2,1H3,(H,23,25). The number of halogens is 1. The predicted molar refractivity (Wildman–Crippen MR) is 118 cm³/mol. The highest BCUT2D eigenvalue weighted by molar-refractivity contribution is 8.26. The minimum absolute atomic E-state index is 0.103. The molecule has 2 aliphatic heterocycles. The van der Waals surface area contributed by atoms with Gasteiger partial charge in [0.25, 0.3) is 11.8 Å². The van der Waals surface area contributed by atoms with Gasteiger partial charge in [0, 0.05) is 19.2 Å². The van der Waals surface area contributed by atoms with Gasteiger partial charge in [0.2, 0.25) is 6.79 Å². The fraction of sp³-hybridized carbons (Fsp3) is 0.190. The van der Waals surface area contributed by atoms with Crippen LogP contribution in [0.5, 0.6) is 17.2 Å². The van der Waals surface area contributed by atoms with Crippen LogP contribution in [0.1, 0.15) is 15.9 Å². The molecule has 0 aliphatic carbocycles. The normalized spacial score (nSPS) is 16.2. The Kier molecular flexibility index (Phi) is 6.10. The van der Waals surface area contributed by atoms with E-state index < -0.39 is 11.7 Å². The lowest BCUT2D eigenvalue weighted by Gasteiger charge is -2.15. The molecule has 1 saturated heterocycles. The Hall–Kier alpha value is -3.11. The third kappa shape index (κ3) is 4.49. The number of nitrogens with one attached hydrogen (secondary N) is 1. The maximum Gasteiger partial charge on any atom is 0.266 e. The third-order valence-corrected chi connectivity index (χ3v) is 5.99. The number of thiocarbonyl (C=S) groups is 1. The lowest BCUT2D eigenvalue weighted by Crippen LogP contribution is -2.37. The van der Waals surface area contributed by atoms with Gasteiger partial charge in [-0.15, -0.1) is 0 Å². The highest BCUT2D eigenvalue weighted by atomic mass is 32.2. The zero-order valence-corrected chi connectivity index (χ0v) is 18.0. The highest BCUT2D eigenvalue weighted by Crippen LogP contribution is 2.36. The molecule has 2 aliphatic rings. The van der Waals surface area contributed by atoms with Crippen LogP contribution in [0.15, 0.2) is 41.3 Å². The van der Waals surface area contributed by atoms with Crippen LogP contribution in [-0.2, 0) is 4.79 Å². The SMILES string of the molecule is COc1ccc(C(=O)NCCN2C(=O)C(=Cc3ccc4c(c3)OCO4)SC2=S)c(F)c1. The summed E-state index contributed by atoms with van der Waals surface area (Å²) in [5.41, 5.74) is 0.682. The van der Waals surface area contributed by atoms with Crippen molar-refractivity contribution in [1.29, 1.82) is 0 Å². The maximum atomic E-state index is 14.0. The van der Waals surface area contributed by atoms with Gasteiger partial charge in [0.05, 0.1) is 17.6 Å². The molecule has 2 aromatic rings. The second kappa shape index (κ2) is 8.94. The van der Waals surface area contributed by atoms with Gasteiger partial charge < -0.3 is 19.5 Å². The van der Waals surface area contributed by atoms with Crippen molar-refractivity contribution in [3.63, 3.8) is 0 Å². The van der Waals surface area contributed by atoms with Crippen molar-refractivity contribution < 1.29 is 28.2 Å². The lowest BCUT2D eigenvalue weighted by atomic mass is 10.2. The van der Waals surface area contributed by atoms with Crippen molar-refractivity contribution in [2.45, 2.75) is 0 Å². The number of nitrogens with zero attached hydrogens (tertiary/aromatic N) is 1. The van der Waals surface area contributed by atoms with E-state index in [1.54, 1.807) is 18.2 Å². The number of methoxy groups -OCH3 is 1. The molecule has 2 heterocycles. The molecular weight excluding hydrogens is 443 g/mol. The number of thioether (sulfide) groups is 1. The van der Waals surface area contributed by atoms with Crippen LogP contribution in [0.3, 0.4) is 0 Å². The van der Waals surface area contributed by atoms with E-state index in [2.05, 4.69) is 5.32 Å². The molecule has 0 unspecified atom stereocenters. The fourth-order valence-electron chi connectivity index (χ4n) is 3.03. The largest absolute Gasteiger partial charge is 0.497 e. The number of rotatable bonds is 6. The van der Waals surface area contributed by atoms with Crippen molar-refractivity contribution in [2.24, 2.45) is 0 Å². The third-order valence-electron chi connectivity index (χ3n) is 4.61. The minimum Gasteiger partial charge on any atom is -0.497 e. The number of hydrogen-bond acceptors (Lipinski definition) is 7. The van der Waals surface area contributed by atoms with Gasteiger partial charge in [-0.3, -0.25) is 14.5 Å². The van der Waals surface area contributed by atoms with Gasteiger partial charge in [0.1, 0.15) is 15.9 Å². The van der Waals surface area contributed by atoms with Crippen LogP contribution in [0.2, 0.25) is 0 Å². The average molecular weight is 461 g/mol. The van der Waals surface area contributed by atoms with Crippen molar-refractivity contribution in [2.75, 3.05) is 27.0 Å². The molecule has 4 rings (SSSR count). The van der Waals surface area contributed by atoms with Crippen LogP contribution < -0.4 is 19.5 Å². The molecule has 10 heteroatoms. The van der Waals surface area contributed by atoms with E-state index in [0.717, 1.165) is 11.6 Å². The van der Waals surface area contributed by atoms with Crippen molar-refractivity contribution in [3.05, 3.63) is 58.2 Å². The number of benzene rings is 2. The fourth-order valence-corrected chi connectivity index (χ4v) is 4.34. The molecule has 31 heavy (non-hydrogen) atoms. The highest BCUT2D eigenvalue weighted by Gasteiger charge is 2.32. The van der Waals surface area contributed by atoms with Gasteiger partial charge in [-0.1, -0.05) is 30.0 Å². The minimum atomic E-state index is -0.686. The quantitative estimate of drug-likeness (QED) is 0.524. The van der Waals surface area contributed by atoms with Crippen molar-refractivity contribution in [3.8, 4) is 17.2 Å². The van der Waals surface area contributed by atoms with E-state index in [4.69, 9.17) is 26.4 Å².